The van der Waals surface area contributed by atoms with E-state index in [-0.39, 0.29) is 44.9 Å². The minimum atomic E-state index is -6.41. The monoisotopic (exact) mass is 639 g/mol. The zero-order valence-corrected chi connectivity index (χ0v) is 24.8. The molecule has 2 aromatic carbocycles. The van der Waals surface area contributed by atoms with Crippen molar-refractivity contribution >= 4 is 12.1 Å². The molecule has 0 spiro atoms. The quantitative estimate of drug-likeness (QED) is 0.151. The van der Waals surface area contributed by atoms with Gasteiger partial charge in [0.2, 0.25) is 0 Å². The molecular formula is C30H36F7NO6. The summed E-state index contributed by atoms with van der Waals surface area (Å²) in [5.41, 5.74) is 2.88. The summed E-state index contributed by atoms with van der Waals surface area (Å²) in [7, 11) is 0. The van der Waals surface area contributed by atoms with E-state index in [1.807, 2.05) is 6.92 Å². The number of benzene rings is 2. The SMILES string of the molecule is CCOC(Cc1ccc(OCCN(CCCCC(F)(F)C(F)(F)C(F)(F)F)C(=O)Oc2c(C)cc(C)cc2C)cc1)C(=O)O. The number of rotatable bonds is 16. The first-order valence-corrected chi connectivity index (χ1v) is 13.8. The van der Waals surface area contributed by atoms with Gasteiger partial charge in [-0.25, -0.2) is 9.59 Å². The first-order valence-electron chi connectivity index (χ1n) is 13.8. The third-order valence-corrected chi connectivity index (χ3v) is 6.65. The molecule has 0 bridgehead atoms. The second kappa shape index (κ2) is 15.4. The summed E-state index contributed by atoms with van der Waals surface area (Å²) < 4.78 is 108. The van der Waals surface area contributed by atoms with E-state index >= 15 is 0 Å². The molecule has 0 aliphatic heterocycles. The summed E-state index contributed by atoms with van der Waals surface area (Å²) in [5, 5.41) is 9.25. The Hall–Kier alpha value is -3.55. The molecule has 0 saturated carbocycles. The van der Waals surface area contributed by atoms with Crippen molar-refractivity contribution in [2.45, 2.75) is 77.5 Å². The molecule has 0 aliphatic rings. The molecule has 7 nitrogen and oxygen atoms in total. The lowest BCUT2D eigenvalue weighted by atomic mass is 10.0. The van der Waals surface area contributed by atoms with E-state index in [0.29, 0.717) is 22.4 Å². The third-order valence-electron chi connectivity index (χ3n) is 6.65. The highest BCUT2D eigenvalue weighted by atomic mass is 19.4. The van der Waals surface area contributed by atoms with Crippen molar-refractivity contribution in [3.05, 3.63) is 58.7 Å². The van der Waals surface area contributed by atoms with E-state index in [1.54, 1.807) is 57.2 Å². The molecule has 1 unspecified atom stereocenters. The van der Waals surface area contributed by atoms with Gasteiger partial charge >= 0.3 is 30.1 Å². The molecule has 0 saturated heterocycles. The summed E-state index contributed by atoms with van der Waals surface area (Å²) in [6.45, 7) is 6.66. The van der Waals surface area contributed by atoms with Gasteiger partial charge in [0.15, 0.2) is 6.10 Å². The number of nitrogens with zero attached hydrogens (tertiary/aromatic N) is 1. The average Bonchev–Trinajstić information content (AvgIpc) is 2.91. The Kier molecular flexibility index (Phi) is 12.9. The first-order chi connectivity index (χ1) is 20.4. The van der Waals surface area contributed by atoms with Crippen LogP contribution in [0.1, 0.15) is 48.4 Å². The van der Waals surface area contributed by atoms with Crippen molar-refractivity contribution in [3.8, 4) is 11.5 Å². The minimum Gasteiger partial charge on any atom is -0.492 e. The highest BCUT2D eigenvalue weighted by molar-refractivity contribution is 5.73. The molecular weight excluding hydrogens is 603 g/mol. The van der Waals surface area contributed by atoms with E-state index < -0.39 is 49.0 Å². The van der Waals surface area contributed by atoms with Crippen LogP contribution in [0, 0.1) is 20.8 Å². The lowest BCUT2D eigenvalue weighted by molar-refractivity contribution is -0.355. The van der Waals surface area contributed by atoms with Crippen LogP contribution in [0.15, 0.2) is 36.4 Å². The normalized spacial score (nSPS) is 13.0. The maximum Gasteiger partial charge on any atom is 0.459 e. The van der Waals surface area contributed by atoms with Crippen molar-refractivity contribution in [3.63, 3.8) is 0 Å². The average molecular weight is 640 g/mol. The molecule has 1 N–H and O–H groups in total. The van der Waals surface area contributed by atoms with E-state index in [1.165, 1.54) is 0 Å². The number of carbonyl (C=O) groups is 2. The molecule has 1 atom stereocenters. The zero-order valence-electron chi connectivity index (χ0n) is 24.8. The Morgan fingerprint density at radius 3 is 2.02 bits per heavy atom. The van der Waals surface area contributed by atoms with Crippen LogP contribution in [-0.2, 0) is 16.0 Å². The number of aliphatic carboxylic acids is 1. The molecule has 44 heavy (non-hydrogen) atoms. The van der Waals surface area contributed by atoms with Gasteiger partial charge in [-0.1, -0.05) is 29.8 Å². The Balaban J connectivity index is 2.07. The van der Waals surface area contributed by atoms with Crippen molar-refractivity contribution in [1.82, 2.24) is 4.90 Å². The predicted molar refractivity (Wildman–Crippen MR) is 147 cm³/mol. The summed E-state index contributed by atoms with van der Waals surface area (Å²) >= 11 is 0. The van der Waals surface area contributed by atoms with Crippen molar-refractivity contribution in [1.29, 1.82) is 0 Å². The topological polar surface area (TPSA) is 85.3 Å². The fraction of sp³-hybridized carbons (Fsp3) is 0.533. The number of ether oxygens (including phenoxy) is 3. The number of hydrogen-bond donors (Lipinski definition) is 1. The summed E-state index contributed by atoms with van der Waals surface area (Å²) in [6.07, 6.45) is -11.0. The zero-order chi connectivity index (χ0) is 33.3. The molecule has 0 aromatic heterocycles. The van der Waals surface area contributed by atoms with Crippen molar-refractivity contribution in [2.75, 3.05) is 26.3 Å². The van der Waals surface area contributed by atoms with Gasteiger partial charge in [0.05, 0.1) is 6.54 Å². The second-order valence-electron chi connectivity index (χ2n) is 10.3. The van der Waals surface area contributed by atoms with Crippen LogP contribution in [0.2, 0.25) is 0 Å². The van der Waals surface area contributed by atoms with Gasteiger partial charge in [-0.2, -0.15) is 30.7 Å². The standard InChI is InChI=1S/C30H36F7NO6/c1-5-42-24(26(39)40)18-22-8-10-23(11-9-22)43-15-14-38(27(41)44-25-20(3)16-19(2)17-21(25)4)13-7-6-12-28(31,32)29(33,34)30(35,36)37/h8-11,16-17,24H,5-7,12-15,18H2,1-4H3,(H,39,40). The maximum absolute atomic E-state index is 13.7. The molecule has 0 fully saturated rings. The fourth-order valence-corrected chi connectivity index (χ4v) is 4.42. The Morgan fingerprint density at radius 1 is 0.909 bits per heavy atom. The third kappa shape index (κ3) is 10.00. The number of amides is 1. The van der Waals surface area contributed by atoms with Crippen LogP contribution in [0.5, 0.6) is 11.5 Å². The van der Waals surface area contributed by atoms with Gasteiger partial charge in [0.25, 0.3) is 0 Å². The molecule has 14 heteroatoms. The van der Waals surface area contributed by atoms with E-state index in [9.17, 15) is 45.4 Å². The predicted octanol–water partition coefficient (Wildman–Crippen LogP) is 7.53. The van der Waals surface area contributed by atoms with Crippen molar-refractivity contribution in [2.24, 2.45) is 0 Å². The molecule has 0 radical (unpaired) electrons. The lowest BCUT2D eigenvalue weighted by Gasteiger charge is -2.28. The van der Waals surface area contributed by atoms with Crippen LogP contribution < -0.4 is 9.47 Å². The molecule has 246 valence electrons. The minimum absolute atomic E-state index is 0.112. The molecule has 2 rings (SSSR count). The number of carbonyl (C=O) groups excluding carboxylic acids is 1. The van der Waals surface area contributed by atoms with Crippen LogP contribution in [-0.4, -0.2) is 72.5 Å². The van der Waals surface area contributed by atoms with Crippen molar-refractivity contribution < 1.29 is 59.6 Å². The van der Waals surface area contributed by atoms with Gasteiger partial charge in [-0.15, -0.1) is 0 Å². The fourth-order valence-electron chi connectivity index (χ4n) is 4.42. The van der Waals surface area contributed by atoms with Gasteiger partial charge in [-0.05, 0) is 69.4 Å². The van der Waals surface area contributed by atoms with Gasteiger partial charge in [0, 0.05) is 26.0 Å². The molecule has 1 amide bonds. The highest BCUT2D eigenvalue weighted by Crippen LogP contribution is 2.48. The summed E-state index contributed by atoms with van der Waals surface area (Å²) in [4.78, 5) is 25.5. The largest absolute Gasteiger partial charge is 0.492 e. The van der Waals surface area contributed by atoms with Crippen LogP contribution in [0.25, 0.3) is 0 Å². The number of aryl methyl sites for hydroxylation is 3. The molecule has 0 aliphatic carbocycles. The van der Waals surface area contributed by atoms with Crippen LogP contribution in [0.3, 0.4) is 0 Å². The summed E-state index contributed by atoms with van der Waals surface area (Å²) in [5.74, 6) is -12.0. The van der Waals surface area contributed by atoms with Gasteiger partial charge < -0.3 is 24.2 Å². The Bertz CT molecular complexity index is 1230. The van der Waals surface area contributed by atoms with Gasteiger partial charge in [0.1, 0.15) is 18.1 Å². The number of hydrogen-bond acceptors (Lipinski definition) is 5. The molecule has 0 heterocycles. The smallest absolute Gasteiger partial charge is 0.459 e. The van der Waals surface area contributed by atoms with E-state index in [0.717, 1.165) is 10.5 Å². The number of carboxylic acids is 1. The van der Waals surface area contributed by atoms with Gasteiger partial charge in [-0.3, -0.25) is 0 Å². The van der Waals surface area contributed by atoms with E-state index in [4.69, 9.17) is 14.2 Å². The Morgan fingerprint density at radius 2 is 1.50 bits per heavy atom. The number of alkyl halides is 7. The first kappa shape index (κ1) is 36.6. The lowest BCUT2D eigenvalue weighted by Crippen LogP contribution is -2.51. The van der Waals surface area contributed by atoms with E-state index in [2.05, 4.69) is 0 Å². The summed E-state index contributed by atoms with van der Waals surface area (Å²) in [6, 6.07) is 9.98. The van der Waals surface area contributed by atoms with Crippen LogP contribution >= 0.6 is 0 Å². The maximum atomic E-state index is 13.7. The number of halogens is 7. The second-order valence-corrected chi connectivity index (χ2v) is 10.3. The number of carboxylic acid groups (broad SMARTS) is 1. The molecule has 2 aromatic rings. The van der Waals surface area contributed by atoms with Crippen LogP contribution in [0.4, 0.5) is 35.5 Å². The number of unbranched alkanes of at least 4 members (excludes halogenated alkanes) is 1. The Labute approximate surface area is 250 Å². The highest BCUT2D eigenvalue weighted by Gasteiger charge is 2.72.